The number of carbonyl (C=O) groups is 3. The fourth-order valence-corrected chi connectivity index (χ4v) is 3.89. The molecule has 1 aliphatic carbocycles. The molecule has 0 aromatic heterocycles. The lowest BCUT2D eigenvalue weighted by Gasteiger charge is -2.14. The molecule has 33 heavy (non-hydrogen) atoms. The van der Waals surface area contributed by atoms with Crippen molar-refractivity contribution in [2.45, 2.75) is 12.8 Å². The van der Waals surface area contributed by atoms with Gasteiger partial charge in [-0.05, 0) is 46.5 Å². The Morgan fingerprint density at radius 2 is 1.48 bits per heavy atom. The lowest BCUT2D eigenvalue weighted by Crippen LogP contribution is -2.31. The summed E-state index contributed by atoms with van der Waals surface area (Å²) in [5.74, 6) is -2.06. The predicted octanol–water partition coefficient (Wildman–Crippen LogP) is 4.50. The second-order valence-electron chi connectivity index (χ2n) is 7.98. The molecule has 2 amide bonds. The van der Waals surface area contributed by atoms with Crippen molar-refractivity contribution >= 4 is 23.7 Å². The Morgan fingerprint density at radius 1 is 0.909 bits per heavy atom. The Hall–Kier alpha value is -4.13. The minimum Gasteiger partial charge on any atom is -0.481 e. The van der Waals surface area contributed by atoms with Gasteiger partial charge in [-0.1, -0.05) is 55.5 Å². The summed E-state index contributed by atoms with van der Waals surface area (Å²) in [6.45, 7) is 1.76. The molecule has 0 fully saturated rings. The van der Waals surface area contributed by atoms with Crippen LogP contribution in [0.2, 0.25) is 0 Å². The lowest BCUT2D eigenvalue weighted by molar-refractivity contribution is -0.140. The SMILES string of the molecule is CC(CNC(=O)c1ccc(NC(=O)OCC2c3ccccc3-c3ccccc32)cc1)C(=O)O. The summed E-state index contributed by atoms with van der Waals surface area (Å²) in [4.78, 5) is 35.4. The van der Waals surface area contributed by atoms with Gasteiger partial charge in [0.25, 0.3) is 5.91 Å². The number of carbonyl (C=O) groups excluding carboxylic acids is 2. The highest BCUT2D eigenvalue weighted by Gasteiger charge is 2.29. The maximum Gasteiger partial charge on any atom is 0.411 e. The third-order valence-corrected chi connectivity index (χ3v) is 5.73. The second-order valence-corrected chi connectivity index (χ2v) is 7.98. The van der Waals surface area contributed by atoms with E-state index in [0.717, 1.165) is 22.3 Å². The van der Waals surface area contributed by atoms with Crippen LogP contribution >= 0.6 is 0 Å². The summed E-state index contributed by atoms with van der Waals surface area (Å²) in [7, 11) is 0. The highest BCUT2D eigenvalue weighted by atomic mass is 16.5. The van der Waals surface area contributed by atoms with E-state index in [2.05, 4.69) is 34.9 Å². The molecule has 4 rings (SSSR count). The van der Waals surface area contributed by atoms with E-state index >= 15 is 0 Å². The summed E-state index contributed by atoms with van der Waals surface area (Å²) in [6.07, 6.45) is -0.579. The second kappa shape index (κ2) is 9.56. The van der Waals surface area contributed by atoms with Gasteiger partial charge >= 0.3 is 12.1 Å². The van der Waals surface area contributed by atoms with Gasteiger partial charge in [0.15, 0.2) is 0 Å². The molecule has 0 radical (unpaired) electrons. The van der Waals surface area contributed by atoms with Crippen LogP contribution in [0.3, 0.4) is 0 Å². The topological polar surface area (TPSA) is 105 Å². The van der Waals surface area contributed by atoms with Crippen LogP contribution in [-0.4, -0.2) is 36.2 Å². The molecule has 3 aromatic carbocycles. The fraction of sp³-hybridized carbons (Fsp3) is 0.192. The lowest BCUT2D eigenvalue weighted by atomic mass is 9.98. The molecule has 3 aromatic rings. The molecule has 3 N–H and O–H groups in total. The van der Waals surface area contributed by atoms with Crippen LogP contribution in [0.1, 0.15) is 34.3 Å². The van der Waals surface area contributed by atoms with Gasteiger partial charge in [0.05, 0.1) is 5.92 Å². The van der Waals surface area contributed by atoms with E-state index in [1.165, 1.54) is 6.92 Å². The van der Waals surface area contributed by atoms with E-state index in [-0.39, 0.29) is 25.0 Å². The first-order chi connectivity index (χ1) is 15.9. The number of carboxylic acids is 1. The van der Waals surface area contributed by atoms with Crippen LogP contribution in [0.15, 0.2) is 72.8 Å². The largest absolute Gasteiger partial charge is 0.481 e. The minimum absolute atomic E-state index is 0.0255. The number of aliphatic carboxylic acids is 1. The molecule has 1 unspecified atom stereocenters. The van der Waals surface area contributed by atoms with Crippen molar-refractivity contribution in [3.8, 4) is 11.1 Å². The molecule has 0 saturated carbocycles. The van der Waals surface area contributed by atoms with Crippen molar-refractivity contribution in [3.05, 3.63) is 89.5 Å². The monoisotopic (exact) mass is 444 g/mol. The number of rotatable bonds is 7. The Labute approximate surface area is 191 Å². The van der Waals surface area contributed by atoms with Gasteiger partial charge in [0.2, 0.25) is 0 Å². The van der Waals surface area contributed by atoms with Crippen molar-refractivity contribution in [2.24, 2.45) is 5.92 Å². The van der Waals surface area contributed by atoms with Crippen molar-refractivity contribution < 1.29 is 24.2 Å². The zero-order valence-corrected chi connectivity index (χ0v) is 18.1. The Bertz CT molecular complexity index is 1140. The molecule has 0 saturated heterocycles. The number of hydrogen-bond donors (Lipinski definition) is 3. The molecule has 168 valence electrons. The maximum absolute atomic E-state index is 12.4. The third-order valence-electron chi connectivity index (χ3n) is 5.73. The first kappa shape index (κ1) is 22.1. The normalized spacial score (nSPS) is 12.9. The van der Waals surface area contributed by atoms with E-state index in [4.69, 9.17) is 9.84 Å². The summed E-state index contributed by atoms with van der Waals surface area (Å²) in [6, 6.07) is 22.5. The van der Waals surface area contributed by atoms with E-state index in [1.807, 2.05) is 24.3 Å². The van der Waals surface area contributed by atoms with E-state index < -0.39 is 18.0 Å². The number of carboxylic acid groups (broad SMARTS) is 1. The van der Waals surface area contributed by atoms with Gasteiger partial charge in [-0.3, -0.25) is 14.9 Å². The van der Waals surface area contributed by atoms with E-state index in [9.17, 15) is 14.4 Å². The number of hydrogen-bond acceptors (Lipinski definition) is 4. The highest BCUT2D eigenvalue weighted by molar-refractivity contribution is 5.95. The number of ether oxygens (including phenoxy) is 1. The Balaban J connectivity index is 1.33. The maximum atomic E-state index is 12.4. The van der Waals surface area contributed by atoms with Gasteiger partial charge in [-0.15, -0.1) is 0 Å². The van der Waals surface area contributed by atoms with Crippen LogP contribution in [0.4, 0.5) is 10.5 Å². The average Bonchev–Trinajstić information content (AvgIpc) is 3.15. The summed E-state index contributed by atoms with van der Waals surface area (Å²) in [5.41, 5.74) is 5.45. The number of benzene rings is 3. The van der Waals surface area contributed by atoms with Crippen LogP contribution in [0.25, 0.3) is 11.1 Å². The van der Waals surface area contributed by atoms with Gasteiger partial charge in [0, 0.05) is 23.7 Å². The van der Waals surface area contributed by atoms with Crippen LogP contribution in [0, 0.1) is 5.92 Å². The zero-order valence-electron chi connectivity index (χ0n) is 18.1. The average molecular weight is 444 g/mol. The number of anilines is 1. The van der Waals surface area contributed by atoms with Crippen LogP contribution < -0.4 is 10.6 Å². The summed E-state index contributed by atoms with van der Waals surface area (Å²) >= 11 is 0. The van der Waals surface area contributed by atoms with Crippen molar-refractivity contribution in [2.75, 3.05) is 18.5 Å². The van der Waals surface area contributed by atoms with Crippen molar-refractivity contribution in [1.82, 2.24) is 5.32 Å². The first-order valence-electron chi connectivity index (χ1n) is 10.7. The molecule has 7 nitrogen and oxygen atoms in total. The highest BCUT2D eigenvalue weighted by Crippen LogP contribution is 2.44. The van der Waals surface area contributed by atoms with Crippen LogP contribution in [0.5, 0.6) is 0 Å². The molecule has 1 aliphatic rings. The standard InChI is InChI=1S/C26H24N2O5/c1-16(25(30)31)14-27-24(29)17-10-12-18(13-11-17)28-26(32)33-15-23-21-8-4-2-6-19(21)20-7-3-5-9-22(20)23/h2-13,16,23H,14-15H2,1H3,(H,27,29)(H,28,32)(H,30,31). The molecule has 7 heteroatoms. The van der Waals surface area contributed by atoms with E-state index in [0.29, 0.717) is 11.3 Å². The smallest absolute Gasteiger partial charge is 0.411 e. The molecule has 0 aliphatic heterocycles. The molecule has 1 atom stereocenters. The van der Waals surface area contributed by atoms with Crippen LogP contribution in [-0.2, 0) is 9.53 Å². The van der Waals surface area contributed by atoms with Gasteiger partial charge in [0.1, 0.15) is 6.61 Å². The van der Waals surface area contributed by atoms with Gasteiger partial charge < -0.3 is 15.2 Å². The molecule has 0 heterocycles. The number of amides is 2. The van der Waals surface area contributed by atoms with Gasteiger partial charge in [-0.25, -0.2) is 4.79 Å². The number of nitrogens with one attached hydrogen (secondary N) is 2. The molecular weight excluding hydrogens is 420 g/mol. The van der Waals surface area contributed by atoms with Crippen molar-refractivity contribution in [3.63, 3.8) is 0 Å². The molecule has 0 spiro atoms. The quantitative estimate of drug-likeness (QED) is 0.498. The third kappa shape index (κ3) is 4.87. The summed E-state index contributed by atoms with van der Waals surface area (Å²) < 4.78 is 5.52. The van der Waals surface area contributed by atoms with Gasteiger partial charge in [-0.2, -0.15) is 0 Å². The predicted molar refractivity (Wildman–Crippen MR) is 124 cm³/mol. The zero-order chi connectivity index (χ0) is 23.4. The first-order valence-corrected chi connectivity index (χ1v) is 10.7. The van der Waals surface area contributed by atoms with Crippen molar-refractivity contribution in [1.29, 1.82) is 0 Å². The fourth-order valence-electron chi connectivity index (χ4n) is 3.89. The Kier molecular flexibility index (Phi) is 6.40. The Morgan fingerprint density at radius 3 is 2.06 bits per heavy atom. The summed E-state index contributed by atoms with van der Waals surface area (Å²) in [5, 5.41) is 14.1. The minimum atomic E-state index is -0.974. The number of fused-ring (bicyclic) bond motifs is 3. The molecular formula is C26H24N2O5. The molecule has 0 bridgehead atoms. The van der Waals surface area contributed by atoms with E-state index in [1.54, 1.807) is 24.3 Å².